The third kappa shape index (κ3) is 3.44. The molecular weight excluding hydrogens is 198 g/mol. The van der Waals surface area contributed by atoms with Gasteiger partial charge in [0, 0.05) is 12.6 Å². The Morgan fingerprint density at radius 1 is 1.60 bits per heavy atom. The average molecular weight is 217 g/mol. The van der Waals surface area contributed by atoms with Crippen LogP contribution in [-0.4, -0.2) is 60.0 Å². The average Bonchev–Trinajstić information content (AvgIpc) is 2.62. The maximum atomic E-state index is 10.9. The molecule has 0 amide bonds. The van der Waals surface area contributed by atoms with Crippen molar-refractivity contribution in [2.45, 2.75) is 25.5 Å². The zero-order valence-electron chi connectivity index (χ0n) is 9.22. The molecule has 1 fully saturated rings. The summed E-state index contributed by atoms with van der Waals surface area (Å²) in [5.74, 6) is -1.25. The molecule has 0 aromatic rings. The van der Waals surface area contributed by atoms with Gasteiger partial charge in [0.1, 0.15) is 0 Å². The first-order valence-electron chi connectivity index (χ1n) is 5.21. The Labute approximate surface area is 89.6 Å². The molecule has 15 heavy (non-hydrogen) atoms. The summed E-state index contributed by atoms with van der Waals surface area (Å²) >= 11 is 0. The molecule has 1 saturated heterocycles. The van der Waals surface area contributed by atoms with Crippen LogP contribution in [0.15, 0.2) is 0 Å². The van der Waals surface area contributed by atoms with Gasteiger partial charge in [-0.15, -0.1) is 0 Å². The Hall–Kier alpha value is -0.650. The molecule has 3 atom stereocenters. The van der Waals surface area contributed by atoms with Gasteiger partial charge in [0.25, 0.3) is 0 Å². The Morgan fingerprint density at radius 3 is 2.80 bits per heavy atom. The minimum Gasteiger partial charge on any atom is -0.481 e. The van der Waals surface area contributed by atoms with Crippen LogP contribution in [0.4, 0.5) is 0 Å². The van der Waals surface area contributed by atoms with E-state index in [0.717, 1.165) is 0 Å². The lowest BCUT2D eigenvalue weighted by Crippen LogP contribution is -2.41. The number of likely N-dealkylation sites (N-methyl/N-ethyl adjacent to an activating group) is 1. The predicted molar refractivity (Wildman–Crippen MR) is 54.7 cm³/mol. The van der Waals surface area contributed by atoms with E-state index in [1.165, 1.54) is 0 Å². The van der Waals surface area contributed by atoms with Crippen molar-refractivity contribution in [1.82, 2.24) is 4.90 Å². The largest absolute Gasteiger partial charge is 0.481 e. The van der Waals surface area contributed by atoms with E-state index in [1.807, 2.05) is 11.9 Å². The number of carboxylic acids is 1. The monoisotopic (exact) mass is 217 g/mol. The van der Waals surface area contributed by atoms with Crippen LogP contribution in [0.5, 0.6) is 0 Å². The van der Waals surface area contributed by atoms with Gasteiger partial charge in [-0.05, 0) is 20.4 Å². The molecule has 0 saturated carbocycles. The molecule has 0 aromatic carbocycles. The van der Waals surface area contributed by atoms with Crippen LogP contribution in [0.3, 0.4) is 0 Å². The summed E-state index contributed by atoms with van der Waals surface area (Å²) < 4.78 is 5.17. The number of carbonyl (C=O) groups is 1. The third-order valence-electron chi connectivity index (χ3n) is 2.83. The summed E-state index contributed by atoms with van der Waals surface area (Å²) in [6, 6.07) is -0.0683. The minimum atomic E-state index is -0.804. The van der Waals surface area contributed by atoms with Crippen molar-refractivity contribution in [1.29, 1.82) is 0 Å². The molecule has 0 spiro atoms. The molecule has 0 bridgehead atoms. The van der Waals surface area contributed by atoms with Gasteiger partial charge in [-0.2, -0.15) is 0 Å². The maximum absolute atomic E-state index is 10.9. The number of hydrogen-bond donors (Lipinski definition) is 2. The minimum absolute atomic E-state index is 0.0683. The summed E-state index contributed by atoms with van der Waals surface area (Å²) in [4.78, 5) is 12.9. The second-order valence-corrected chi connectivity index (χ2v) is 4.17. The lowest BCUT2D eigenvalue weighted by molar-refractivity contribution is -0.143. The number of aliphatic hydroxyl groups is 1. The van der Waals surface area contributed by atoms with Crippen LogP contribution in [0, 0.1) is 5.92 Å². The van der Waals surface area contributed by atoms with Crippen molar-refractivity contribution >= 4 is 5.97 Å². The lowest BCUT2D eigenvalue weighted by atomic mass is 10.0. The van der Waals surface area contributed by atoms with Gasteiger partial charge in [-0.25, -0.2) is 0 Å². The lowest BCUT2D eigenvalue weighted by Gasteiger charge is -2.26. The van der Waals surface area contributed by atoms with Crippen LogP contribution >= 0.6 is 0 Å². The van der Waals surface area contributed by atoms with Gasteiger partial charge < -0.3 is 19.8 Å². The fraction of sp³-hybridized carbons (Fsp3) is 0.900. The molecule has 5 nitrogen and oxygen atoms in total. The summed E-state index contributed by atoms with van der Waals surface area (Å²) in [5, 5.41) is 18.1. The molecule has 5 heteroatoms. The SMILES string of the molecule is CC(O)CCN(C)C1COCC1C(=O)O. The highest BCUT2D eigenvalue weighted by Crippen LogP contribution is 2.19. The van der Waals surface area contributed by atoms with Crippen LogP contribution in [0.2, 0.25) is 0 Å². The van der Waals surface area contributed by atoms with E-state index in [9.17, 15) is 4.79 Å². The van der Waals surface area contributed by atoms with Gasteiger partial charge in [-0.3, -0.25) is 4.79 Å². The highest BCUT2D eigenvalue weighted by Gasteiger charge is 2.36. The number of ether oxygens (including phenoxy) is 1. The molecule has 1 aliphatic heterocycles. The molecule has 1 aliphatic rings. The molecule has 0 aliphatic carbocycles. The highest BCUT2D eigenvalue weighted by molar-refractivity contribution is 5.71. The number of nitrogens with zero attached hydrogens (tertiary/aromatic N) is 1. The predicted octanol–water partition coefficient (Wildman–Crippen LogP) is -0.211. The second-order valence-electron chi connectivity index (χ2n) is 4.17. The third-order valence-corrected chi connectivity index (χ3v) is 2.83. The normalized spacial score (nSPS) is 28.3. The van der Waals surface area contributed by atoms with Crippen LogP contribution in [0.25, 0.3) is 0 Å². The second kappa shape index (κ2) is 5.44. The molecular formula is C10H19NO4. The van der Waals surface area contributed by atoms with Crippen LogP contribution in [-0.2, 0) is 9.53 Å². The number of aliphatic hydroxyl groups excluding tert-OH is 1. The van der Waals surface area contributed by atoms with Crippen LogP contribution in [0.1, 0.15) is 13.3 Å². The summed E-state index contributed by atoms with van der Waals surface area (Å²) in [7, 11) is 1.87. The Balaban J connectivity index is 2.43. The first kappa shape index (κ1) is 12.4. The number of aliphatic carboxylic acids is 1. The summed E-state index contributed by atoms with van der Waals surface area (Å²) in [6.07, 6.45) is 0.303. The number of rotatable bonds is 5. The standard InChI is InChI=1S/C10H19NO4/c1-7(12)3-4-11(2)9-6-15-5-8(9)10(13)14/h7-9,12H,3-6H2,1-2H3,(H,13,14). The van der Waals surface area contributed by atoms with E-state index < -0.39 is 11.9 Å². The van der Waals surface area contributed by atoms with E-state index in [-0.39, 0.29) is 12.1 Å². The molecule has 2 N–H and O–H groups in total. The maximum Gasteiger partial charge on any atom is 0.310 e. The van der Waals surface area contributed by atoms with E-state index in [0.29, 0.717) is 26.2 Å². The fourth-order valence-electron chi connectivity index (χ4n) is 1.77. The first-order valence-corrected chi connectivity index (χ1v) is 5.21. The molecule has 0 radical (unpaired) electrons. The van der Waals surface area contributed by atoms with Crippen molar-refractivity contribution in [3.8, 4) is 0 Å². The molecule has 1 heterocycles. The van der Waals surface area contributed by atoms with Gasteiger partial charge in [0.15, 0.2) is 0 Å². The Morgan fingerprint density at radius 2 is 2.27 bits per heavy atom. The van der Waals surface area contributed by atoms with E-state index in [2.05, 4.69) is 0 Å². The van der Waals surface area contributed by atoms with E-state index >= 15 is 0 Å². The zero-order valence-corrected chi connectivity index (χ0v) is 9.22. The fourth-order valence-corrected chi connectivity index (χ4v) is 1.77. The molecule has 88 valence electrons. The topological polar surface area (TPSA) is 70.0 Å². The first-order chi connectivity index (χ1) is 7.02. The van der Waals surface area contributed by atoms with Gasteiger partial charge in [-0.1, -0.05) is 0 Å². The Bertz CT molecular complexity index is 219. The van der Waals surface area contributed by atoms with E-state index in [4.69, 9.17) is 14.9 Å². The zero-order chi connectivity index (χ0) is 11.4. The number of carboxylic acid groups (broad SMARTS) is 1. The molecule has 0 aromatic heterocycles. The van der Waals surface area contributed by atoms with Crippen LogP contribution < -0.4 is 0 Å². The quantitative estimate of drug-likeness (QED) is 0.666. The summed E-state index contributed by atoms with van der Waals surface area (Å²) in [6.45, 7) is 3.18. The van der Waals surface area contributed by atoms with Gasteiger partial charge in [0.2, 0.25) is 0 Å². The smallest absolute Gasteiger partial charge is 0.310 e. The summed E-state index contributed by atoms with van der Waals surface area (Å²) in [5.41, 5.74) is 0. The van der Waals surface area contributed by atoms with Crippen molar-refractivity contribution in [2.24, 2.45) is 5.92 Å². The van der Waals surface area contributed by atoms with Gasteiger partial charge >= 0.3 is 5.97 Å². The molecule has 1 rings (SSSR count). The number of hydrogen-bond acceptors (Lipinski definition) is 4. The van der Waals surface area contributed by atoms with E-state index in [1.54, 1.807) is 6.92 Å². The van der Waals surface area contributed by atoms with Gasteiger partial charge in [0.05, 0.1) is 25.2 Å². The Kier molecular flexibility index (Phi) is 4.50. The van der Waals surface area contributed by atoms with Crippen molar-refractivity contribution in [2.75, 3.05) is 26.8 Å². The highest BCUT2D eigenvalue weighted by atomic mass is 16.5. The molecule has 3 unspecified atom stereocenters. The van der Waals surface area contributed by atoms with Crippen molar-refractivity contribution in [3.63, 3.8) is 0 Å². The van der Waals surface area contributed by atoms with Crippen molar-refractivity contribution in [3.05, 3.63) is 0 Å². The van der Waals surface area contributed by atoms with Crippen molar-refractivity contribution < 1.29 is 19.7 Å².